The zero-order valence-electron chi connectivity index (χ0n) is 9.96. The first-order valence-corrected chi connectivity index (χ1v) is 5.26. The van der Waals surface area contributed by atoms with Crippen molar-refractivity contribution in [2.75, 3.05) is 11.8 Å². The van der Waals surface area contributed by atoms with Crippen LogP contribution in [0.5, 0.6) is 5.75 Å². The van der Waals surface area contributed by atoms with Crippen molar-refractivity contribution in [2.45, 2.75) is 20.0 Å². The second-order valence-electron chi connectivity index (χ2n) is 3.41. The van der Waals surface area contributed by atoms with Gasteiger partial charge < -0.3 is 9.47 Å². The van der Waals surface area contributed by atoms with Gasteiger partial charge in [-0.1, -0.05) is 0 Å². The van der Waals surface area contributed by atoms with Crippen LogP contribution in [0.2, 0.25) is 0 Å². The molecule has 1 aromatic carbocycles. The highest BCUT2D eigenvalue weighted by molar-refractivity contribution is 5.74. The van der Waals surface area contributed by atoms with Crippen LogP contribution in [0.25, 0.3) is 0 Å². The molecule has 1 rings (SSSR count). The van der Waals surface area contributed by atoms with Gasteiger partial charge in [0.2, 0.25) is 0 Å². The van der Waals surface area contributed by atoms with Crippen LogP contribution in [-0.4, -0.2) is 29.1 Å². The molecule has 18 heavy (non-hydrogen) atoms. The fourth-order valence-corrected chi connectivity index (χ4v) is 1.23. The van der Waals surface area contributed by atoms with Gasteiger partial charge in [0, 0.05) is 6.07 Å². The predicted molar refractivity (Wildman–Crippen MR) is 59.2 cm³/mol. The molecule has 2 N–H and O–H groups in total. The van der Waals surface area contributed by atoms with Crippen LogP contribution < -0.4 is 9.96 Å². The van der Waals surface area contributed by atoms with E-state index in [4.69, 9.17) is 19.9 Å². The molecule has 0 saturated heterocycles. The number of ether oxygens (including phenoxy) is 2. The summed E-state index contributed by atoms with van der Waals surface area (Å²) in [6, 6.07) is 3.33. The number of carbonyl (C=O) groups is 1. The maximum Gasteiger partial charge on any atom is 0.347 e. The SMILES string of the molecule is CCOC(=O)[C@@H](C)Oc1ccc(N(O)O)c(F)c1. The number of hydrogen-bond acceptors (Lipinski definition) is 6. The number of nitrogens with zero attached hydrogens (tertiary/aromatic N) is 1. The molecular weight excluding hydrogens is 245 g/mol. The molecule has 0 aromatic heterocycles. The standard InChI is InChI=1S/C11H14FNO5/c1-3-17-11(14)7(2)18-8-4-5-10(13(15)16)9(12)6-8/h4-7,15-16H,3H2,1-2H3/t7-/m1/s1. The summed E-state index contributed by atoms with van der Waals surface area (Å²) in [6.07, 6.45) is -0.880. The first-order valence-electron chi connectivity index (χ1n) is 5.26. The van der Waals surface area contributed by atoms with Crippen LogP contribution in [-0.2, 0) is 9.53 Å². The predicted octanol–water partition coefficient (Wildman–Crippen LogP) is 1.74. The van der Waals surface area contributed by atoms with Gasteiger partial charge in [0.15, 0.2) is 11.9 Å². The Labute approximate surface area is 103 Å². The molecule has 6 nitrogen and oxygen atoms in total. The Kier molecular flexibility index (Phi) is 4.87. The molecule has 0 fully saturated rings. The summed E-state index contributed by atoms with van der Waals surface area (Å²) >= 11 is 0. The Morgan fingerprint density at radius 1 is 1.50 bits per heavy atom. The average molecular weight is 259 g/mol. The van der Waals surface area contributed by atoms with Crippen molar-refractivity contribution in [3.63, 3.8) is 0 Å². The fourth-order valence-electron chi connectivity index (χ4n) is 1.23. The summed E-state index contributed by atoms with van der Waals surface area (Å²) < 4.78 is 23.2. The van der Waals surface area contributed by atoms with Crippen LogP contribution in [0.4, 0.5) is 10.1 Å². The molecule has 7 heteroatoms. The van der Waals surface area contributed by atoms with Crippen LogP contribution in [0, 0.1) is 5.82 Å². The highest BCUT2D eigenvalue weighted by Gasteiger charge is 2.17. The average Bonchev–Trinajstić information content (AvgIpc) is 2.28. The van der Waals surface area contributed by atoms with Gasteiger partial charge in [-0.2, -0.15) is 0 Å². The molecule has 0 aliphatic carbocycles. The number of rotatable bonds is 5. The van der Waals surface area contributed by atoms with E-state index in [-0.39, 0.29) is 17.6 Å². The molecule has 0 saturated carbocycles. The lowest BCUT2D eigenvalue weighted by Crippen LogP contribution is -2.26. The minimum atomic E-state index is -0.895. The van der Waals surface area contributed by atoms with Gasteiger partial charge in [0.1, 0.15) is 11.4 Å². The summed E-state index contributed by atoms with van der Waals surface area (Å²) in [5.41, 5.74) is -0.425. The highest BCUT2D eigenvalue weighted by Crippen LogP contribution is 2.23. The maximum absolute atomic E-state index is 13.3. The summed E-state index contributed by atoms with van der Waals surface area (Å²) in [5.74, 6) is -1.37. The summed E-state index contributed by atoms with van der Waals surface area (Å²) in [4.78, 5) is 11.3. The van der Waals surface area contributed by atoms with Crippen molar-refractivity contribution >= 4 is 11.7 Å². The van der Waals surface area contributed by atoms with Gasteiger partial charge in [-0.05, 0) is 26.0 Å². The van der Waals surface area contributed by atoms with Crippen molar-refractivity contribution in [1.29, 1.82) is 0 Å². The molecule has 0 amide bonds. The molecule has 0 aliphatic heterocycles. The topological polar surface area (TPSA) is 79.2 Å². The Morgan fingerprint density at radius 2 is 2.17 bits per heavy atom. The van der Waals surface area contributed by atoms with Gasteiger partial charge in [-0.3, -0.25) is 10.4 Å². The van der Waals surface area contributed by atoms with Crippen molar-refractivity contribution in [2.24, 2.45) is 0 Å². The van der Waals surface area contributed by atoms with E-state index in [1.807, 2.05) is 0 Å². The van der Waals surface area contributed by atoms with Crippen molar-refractivity contribution in [3.05, 3.63) is 24.0 Å². The number of benzene rings is 1. The van der Waals surface area contributed by atoms with Crippen LogP contribution in [0.3, 0.4) is 0 Å². The number of hydrogen-bond donors (Lipinski definition) is 2. The minimum Gasteiger partial charge on any atom is -0.479 e. The number of esters is 1. The van der Waals surface area contributed by atoms with Gasteiger partial charge >= 0.3 is 5.97 Å². The zero-order valence-corrected chi connectivity index (χ0v) is 9.96. The third-order valence-electron chi connectivity index (χ3n) is 2.07. The molecule has 0 spiro atoms. The Balaban J connectivity index is 2.74. The van der Waals surface area contributed by atoms with Gasteiger partial charge in [-0.25, -0.2) is 9.18 Å². The van der Waals surface area contributed by atoms with Crippen LogP contribution in [0.1, 0.15) is 13.8 Å². The van der Waals surface area contributed by atoms with E-state index < -0.39 is 23.6 Å². The molecule has 100 valence electrons. The normalized spacial score (nSPS) is 11.8. The lowest BCUT2D eigenvalue weighted by atomic mass is 10.3. The molecule has 0 unspecified atom stereocenters. The van der Waals surface area contributed by atoms with Crippen molar-refractivity contribution in [3.8, 4) is 5.75 Å². The van der Waals surface area contributed by atoms with E-state index in [1.54, 1.807) is 6.92 Å². The maximum atomic E-state index is 13.3. The molecule has 0 aliphatic rings. The number of carbonyl (C=O) groups excluding carboxylic acids is 1. The smallest absolute Gasteiger partial charge is 0.347 e. The highest BCUT2D eigenvalue weighted by atomic mass is 19.1. The van der Waals surface area contributed by atoms with Crippen LogP contribution in [0.15, 0.2) is 18.2 Å². The van der Waals surface area contributed by atoms with Crippen molar-refractivity contribution in [1.82, 2.24) is 0 Å². The minimum absolute atomic E-state index is 0.0821. The van der Waals surface area contributed by atoms with E-state index in [0.29, 0.717) is 0 Å². The van der Waals surface area contributed by atoms with E-state index >= 15 is 0 Å². The lowest BCUT2D eigenvalue weighted by molar-refractivity contribution is -0.150. The monoisotopic (exact) mass is 259 g/mol. The molecule has 0 radical (unpaired) electrons. The second-order valence-corrected chi connectivity index (χ2v) is 3.41. The van der Waals surface area contributed by atoms with Gasteiger partial charge in [-0.15, -0.1) is 5.23 Å². The van der Waals surface area contributed by atoms with E-state index in [9.17, 15) is 9.18 Å². The zero-order chi connectivity index (χ0) is 13.7. The second kappa shape index (κ2) is 6.18. The van der Waals surface area contributed by atoms with E-state index in [0.717, 1.165) is 12.1 Å². The Morgan fingerprint density at radius 3 is 2.67 bits per heavy atom. The largest absolute Gasteiger partial charge is 0.479 e. The van der Waals surface area contributed by atoms with Gasteiger partial charge in [0.25, 0.3) is 0 Å². The summed E-state index contributed by atoms with van der Waals surface area (Å²) in [7, 11) is 0. The van der Waals surface area contributed by atoms with E-state index in [1.165, 1.54) is 13.0 Å². The number of anilines is 1. The van der Waals surface area contributed by atoms with E-state index in [2.05, 4.69) is 0 Å². The summed E-state index contributed by atoms with van der Waals surface area (Å²) in [6.45, 7) is 3.36. The fraction of sp³-hybridized carbons (Fsp3) is 0.364. The molecule has 0 bridgehead atoms. The Hall–Kier alpha value is -1.86. The molecule has 0 heterocycles. The number of halogens is 1. The molecule has 1 aromatic rings. The van der Waals surface area contributed by atoms with Gasteiger partial charge in [0.05, 0.1) is 6.61 Å². The quantitative estimate of drug-likeness (QED) is 0.619. The lowest BCUT2D eigenvalue weighted by Gasteiger charge is -2.14. The summed E-state index contributed by atoms with van der Waals surface area (Å²) in [5, 5.41) is 17.0. The van der Waals surface area contributed by atoms with Crippen molar-refractivity contribution < 1.29 is 29.1 Å². The van der Waals surface area contributed by atoms with Crippen LogP contribution >= 0.6 is 0 Å². The third kappa shape index (κ3) is 3.57. The first kappa shape index (κ1) is 14.2. The Bertz CT molecular complexity index is 424. The molecular formula is C11H14FNO5. The first-order chi connectivity index (χ1) is 8.45. The third-order valence-corrected chi connectivity index (χ3v) is 2.07. The molecule has 1 atom stereocenters.